The largest absolute Gasteiger partial charge is 0.384 e. The number of hydrogen-bond donors (Lipinski definition) is 0. The molecule has 144 valence electrons. The summed E-state index contributed by atoms with van der Waals surface area (Å²) in [5, 5.41) is 4.86. The van der Waals surface area contributed by atoms with E-state index in [1.807, 2.05) is 0 Å². The summed E-state index contributed by atoms with van der Waals surface area (Å²) in [5.41, 5.74) is 0. The van der Waals surface area contributed by atoms with E-state index in [4.69, 9.17) is 14.8 Å². The van der Waals surface area contributed by atoms with Crippen molar-refractivity contribution in [2.24, 2.45) is 0 Å². The molecule has 2 saturated carbocycles. The van der Waals surface area contributed by atoms with Gasteiger partial charge in [-0.15, -0.1) is 0 Å². The molecule has 0 aromatic carbocycles. The first-order valence-electron chi connectivity index (χ1n) is 10.5. The van der Waals surface area contributed by atoms with Crippen LogP contribution in [0.2, 0.25) is 0 Å². The van der Waals surface area contributed by atoms with E-state index in [9.17, 15) is 4.79 Å². The molecular weight excluding hydrogens is 328 g/mol. The van der Waals surface area contributed by atoms with Gasteiger partial charge < -0.3 is 9.64 Å². The third kappa shape index (κ3) is 3.66. The Labute approximate surface area is 156 Å². The van der Waals surface area contributed by atoms with Crippen molar-refractivity contribution in [1.82, 2.24) is 19.7 Å². The second-order valence-corrected chi connectivity index (χ2v) is 8.25. The smallest absolute Gasteiger partial charge is 0.223 e. The zero-order valence-corrected chi connectivity index (χ0v) is 16.0. The molecule has 1 aromatic heterocycles. The lowest BCUT2D eigenvalue weighted by atomic mass is 9.95. The highest BCUT2D eigenvalue weighted by molar-refractivity contribution is 5.80. The van der Waals surface area contributed by atoms with Gasteiger partial charge in [-0.05, 0) is 25.7 Å². The zero-order valence-electron chi connectivity index (χ0n) is 16.0. The summed E-state index contributed by atoms with van der Waals surface area (Å²) < 4.78 is 7.41. The van der Waals surface area contributed by atoms with Crippen LogP contribution in [0.3, 0.4) is 0 Å². The van der Waals surface area contributed by atoms with Crippen LogP contribution in [-0.2, 0) is 16.0 Å². The molecule has 2 aliphatic carbocycles. The number of likely N-dealkylation sites (tertiary alicyclic amines) is 1. The lowest BCUT2D eigenvalue weighted by molar-refractivity contribution is -0.129. The van der Waals surface area contributed by atoms with Gasteiger partial charge in [0.15, 0.2) is 5.82 Å². The first kappa shape index (κ1) is 18.0. The van der Waals surface area contributed by atoms with Gasteiger partial charge in [0.05, 0.1) is 12.6 Å². The van der Waals surface area contributed by atoms with Gasteiger partial charge in [0.1, 0.15) is 5.82 Å². The van der Waals surface area contributed by atoms with Crippen molar-refractivity contribution in [2.45, 2.75) is 88.6 Å². The summed E-state index contributed by atoms with van der Waals surface area (Å²) in [6.07, 6.45) is 12.5. The molecule has 0 spiro atoms. The highest BCUT2D eigenvalue weighted by Gasteiger charge is 2.39. The number of carbonyl (C=O) groups is 1. The first-order chi connectivity index (χ1) is 12.8. The molecule has 6 heteroatoms. The normalized spacial score (nSPS) is 25.5. The van der Waals surface area contributed by atoms with Gasteiger partial charge >= 0.3 is 0 Å². The molecule has 0 N–H and O–H groups in total. The third-order valence-electron chi connectivity index (χ3n) is 6.44. The number of methoxy groups -OCH3 is 1. The molecule has 1 aliphatic heterocycles. The Kier molecular flexibility index (Phi) is 5.57. The van der Waals surface area contributed by atoms with Gasteiger partial charge in [0.25, 0.3) is 0 Å². The topological polar surface area (TPSA) is 60.2 Å². The van der Waals surface area contributed by atoms with Crippen molar-refractivity contribution >= 4 is 5.91 Å². The number of ether oxygens (including phenoxy) is 1. The van der Waals surface area contributed by atoms with Gasteiger partial charge in [0.2, 0.25) is 5.91 Å². The molecule has 1 aromatic rings. The average molecular weight is 361 g/mol. The third-order valence-corrected chi connectivity index (χ3v) is 6.44. The van der Waals surface area contributed by atoms with Crippen LogP contribution in [0.25, 0.3) is 0 Å². The van der Waals surface area contributed by atoms with Gasteiger partial charge in [-0.1, -0.05) is 32.1 Å². The average Bonchev–Trinajstić information content (AvgIpc) is 3.40. The second kappa shape index (κ2) is 8.07. The lowest BCUT2D eigenvalue weighted by Gasteiger charge is -2.26. The Morgan fingerprint density at radius 3 is 2.46 bits per heavy atom. The van der Waals surface area contributed by atoms with Crippen molar-refractivity contribution in [3.63, 3.8) is 0 Å². The van der Waals surface area contributed by atoms with E-state index in [1.165, 1.54) is 57.8 Å². The summed E-state index contributed by atoms with van der Waals surface area (Å²) in [4.78, 5) is 19.7. The quantitative estimate of drug-likeness (QED) is 0.781. The number of rotatable bonds is 6. The molecule has 26 heavy (non-hydrogen) atoms. The van der Waals surface area contributed by atoms with E-state index in [0.717, 1.165) is 24.6 Å². The number of aromatic nitrogens is 3. The maximum atomic E-state index is 12.7. The highest BCUT2D eigenvalue weighted by atomic mass is 16.5. The summed E-state index contributed by atoms with van der Waals surface area (Å²) in [6.45, 7) is 1.48. The SMILES string of the molecule is COCCc1nc([C@@H]2CC(=O)N(C3CCCC3)C2)n(C2CCCCC2)n1. The minimum Gasteiger partial charge on any atom is -0.384 e. The van der Waals surface area contributed by atoms with Crippen LogP contribution >= 0.6 is 0 Å². The summed E-state index contributed by atoms with van der Waals surface area (Å²) in [7, 11) is 1.72. The molecule has 4 rings (SSSR count). The Morgan fingerprint density at radius 2 is 1.73 bits per heavy atom. The van der Waals surface area contributed by atoms with Crippen molar-refractivity contribution in [2.75, 3.05) is 20.3 Å². The number of hydrogen-bond acceptors (Lipinski definition) is 4. The highest BCUT2D eigenvalue weighted by Crippen LogP contribution is 2.36. The Bertz CT molecular complexity index is 617. The first-order valence-corrected chi connectivity index (χ1v) is 10.5. The molecule has 2 heterocycles. The van der Waals surface area contributed by atoms with Crippen LogP contribution in [0, 0.1) is 0 Å². The molecule has 3 fully saturated rings. The van der Waals surface area contributed by atoms with E-state index in [0.29, 0.717) is 31.0 Å². The van der Waals surface area contributed by atoms with Crippen LogP contribution in [0.5, 0.6) is 0 Å². The number of amides is 1. The standard InChI is InChI=1S/C20H32N4O2/c1-26-12-11-18-21-20(24(22-18)17-9-3-2-4-10-17)15-13-19(25)23(14-15)16-7-5-6-8-16/h15-17H,2-14H2,1H3/t15-/m1/s1. The molecule has 6 nitrogen and oxygen atoms in total. The van der Waals surface area contributed by atoms with Crippen molar-refractivity contribution in [3.05, 3.63) is 11.6 Å². The van der Waals surface area contributed by atoms with Crippen LogP contribution in [0.4, 0.5) is 0 Å². The maximum Gasteiger partial charge on any atom is 0.223 e. The number of carbonyl (C=O) groups excluding carboxylic acids is 1. The van der Waals surface area contributed by atoms with Crippen LogP contribution < -0.4 is 0 Å². The fourth-order valence-corrected chi connectivity index (χ4v) is 5.03. The van der Waals surface area contributed by atoms with Crippen molar-refractivity contribution in [3.8, 4) is 0 Å². The predicted molar refractivity (Wildman–Crippen MR) is 99.1 cm³/mol. The molecule has 0 unspecified atom stereocenters. The summed E-state index contributed by atoms with van der Waals surface area (Å²) in [6, 6.07) is 0.921. The lowest BCUT2D eigenvalue weighted by Crippen LogP contribution is -2.34. The Hall–Kier alpha value is -1.43. The van der Waals surface area contributed by atoms with E-state index in [-0.39, 0.29) is 5.92 Å². The van der Waals surface area contributed by atoms with E-state index in [1.54, 1.807) is 7.11 Å². The van der Waals surface area contributed by atoms with Crippen molar-refractivity contribution < 1.29 is 9.53 Å². The van der Waals surface area contributed by atoms with Gasteiger partial charge in [-0.3, -0.25) is 4.79 Å². The fraction of sp³-hybridized carbons (Fsp3) is 0.850. The van der Waals surface area contributed by atoms with Crippen molar-refractivity contribution in [1.29, 1.82) is 0 Å². The van der Waals surface area contributed by atoms with E-state index in [2.05, 4.69) is 9.58 Å². The van der Waals surface area contributed by atoms with Gasteiger partial charge in [-0.25, -0.2) is 9.67 Å². The van der Waals surface area contributed by atoms with Crippen LogP contribution in [0.15, 0.2) is 0 Å². The minimum absolute atomic E-state index is 0.203. The molecule has 0 radical (unpaired) electrons. The Balaban J connectivity index is 1.55. The minimum atomic E-state index is 0.203. The van der Waals surface area contributed by atoms with E-state index < -0.39 is 0 Å². The molecule has 0 bridgehead atoms. The molecule has 1 atom stereocenters. The number of nitrogens with zero attached hydrogens (tertiary/aromatic N) is 4. The molecule has 1 amide bonds. The van der Waals surface area contributed by atoms with Crippen LogP contribution in [-0.4, -0.2) is 51.9 Å². The van der Waals surface area contributed by atoms with Crippen LogP contribution in [0.1, 0.15) is 87.8 Å². The summed E-state index contributed by atoms with van der Waals surface area (Å²) in [5.74, 6) is 2.45. The summed E-state index contributed by atoms with van der Waals surface area (Å²) >= 11 is 0. The maximum absolute atomic E-state index is 12.7. The zero-order chi connectivity index (χ0) is 17.9. The Morgan fingerprint density at radius 1 is 1.04 bits per heavy atom. The van der Waals surface area contributed by atoms with E-state index >= 15 is 0 Å². The van der Waals surface area contributed by atoms with Gasteiger partial charge in [0, 0.05) is 38.5 Å². The second-order valence-electron chi connectivity index (χ2n) is 8.25. The fourth-order valence-electron chi connectivity index (χ4n) is 5.03. The predicted octanol–water partition coefficient (Wildman–Crippen LogP) is 3.23. The molecule has 3 aliphatic rings. The monoisotopic (exact) mass is 360 g/mol. The molecule has 1 saturated heterocycles. The molecular formula is C20H32N4O2. The van der Waals surface area contributed by atoms with Gasteiger partial charge in [-0.2, -0.15) is 5.10 Å².